The molecule has 3 N–H and O–H groups in total. The molecule has 0 aromatic carbocycles. The van der Waals surface area contributed by atoms with Gasteiger partial charge in [-0.05, 0) is 20.4 Å². The Bertz CT molecular complexity index is 1060. The predicted molar refractivity (Wildman–Crippen MR) is 112 cm³/mol. The summed E-state index contributed by atoms with van der Waals surface area (Å²) >= 11 is 0. The number of alkyl halides is 3. The van der Waals surface area contributed by atoms with E-state index in [0.717, 1.165) is 19.4 Å². The van der Waals surface area contributed by atoms with Gasteiger partial charge in [0, 0.05) is 18.7 Å². The van der Waals surface area contributed by atoms with Crippen LogP contribution in [-0.4, -0.2) is 62.6 Å². The van der Waals surface area contributed by atoms with Gasteiger partial charge in [0.05, 0.1) is 25.7 Å². The minimum atomic E-state index is -4.97. The van der Waals surface area contributed by atoms with Crippen molar-refractivity contribution in [2.45, 2.75) is 44.5 Å². The van der Waals surface area contributed by atoms with Crippen molar-refractivity contribution in [2.75, 3.05) is 26.0 Å². The summed E-state index contributed by atoms with van der Waals surface area (Å²) in [6.45, 7) is 3.44. The van der Waals surface area contributed by atoms with Crippen LogP contribution in [0.25, 0.3) is 17.0 Å². The molecule has 0 radical (unpaired) electrons. The van der Waals surface area contributed by atoms with Crippen molar-refractivity contribution in [3.63, 3.8) is 0 Å². The third kappa shape index (κ3) is 4.60. The molecule has 32 heavy (non-hydrogen) atoms. The quantitative estimate of drug-likeness (QED) is 0.454. The topological polar surface area (TPSA) is 109 Å². The van der Waals surface area contributed by atoms with Gasteiger partial charge in [-0.25, -0.2) is 14.5 Å². The molecule has 2 unspecified atom stereocenters. The minimum absolute atomic E-state index is 0.132. The van der Waals surface area contributed by atoms with E-state index < -0.39 is 17.5 Å². The molecule has 9 nitrogen and oxygen atoms in total. The van der Waals surface area contributed by atoms with Gasteiger partial charge in [0.1, 0.15) is 28.6 Å². The lowest BCUT2D eigenvalue weighted by Gasteiger charge is -2.26. The smallest absolute Gasteiger partial charge is 0.422 e. The van der Waals surface area contributed by atoms with Gasteiger partial charge in [-0.1, -0.05) is 13.3 Å². The van der Waals surface area contributed by atoms with Crippen LogP contribution < -0.4 is 15.4 Å². The molecule has 0 aliphatic rings. The number of rotatable bonds is 9. The molecule has 0 amide bonds. The number of hydrogen-bond acceptors (Lipinski definition) is 8. The summed E-state index contributed by atoms with van der Waals surface area (Å²) in [5.41, 5.74) is -3.00. The number of methoxy groups -OCH3 is 1. The van der Waals surface area contributed by atoms with E-state index in [4.69, 9.17) is 4.74 Å². The van der Waals surface area contributed by atoms with Crippen molar-refractivity contribution in [3.05, 3.63) is 30.4 Å². The van der Waals surface area contributed by atoms with Crippen molar-refractivity contribution < 1.29 is 23.0 Å². The SMILES string of the molecule is CCCC(CNC)Nc1cncc(-c2cnc3cc(OC)c(C(C)(O)C(F)(F)F)nn23)n1. The Morgan fingerprint density at radius 1 is 1.25 bits per heavy atom. The van der Waals surface area contributed by atoms with Crippen LogP contribution in [0.5, 0.6) is 5.75 Å². The zero-order chi connectivity index (χ0) is 23.5. The number of ether oxygens (including phenoxy) is 1. The molecule has 0 aliphatic heterocycles. The first-order valence-corrected chi connectivity index (χ1v) is 10.1. The van der Waals surface area contributed by atoms with Gasteiger partial charge < -0.3 is 20.5 Å². The maximum absolute atomic E-state index is 13.5. The molecule has 3 aromatic heterocycles. The van der Waals surface area contributed by atoms with Gasteiger partial charge in [0.25, 0.3) is 0 Å². The van der Waals surface area contributed by atoms with E-state index in [0.29, 0.717) is 24.1 Å². The van der Waals surface area contributed by atoms with E-state index >= 15 is 0 Å². The highest BCUT2D eigenvalue weighted by atomic mass is 19.4. The molecule has 0 saturated carbocycles. The average Bonchev–Trinajstić information content (AvgIpc) is 3.15. The second kappa shape index (κ2) is 9.25. The first-order chi connectivity index (χ1) is 15.1. The molecule has 3 heterocycles. The molecule has 0 fully saturated rings. The van der Waals surface area contributed by atoms with Crippen LogP contribution in [-0.2, 0) is 5.60 Å². The zero-order valence-electron chi connectivity index (χ0n) is 18.2. The Labute approximate surface area is 183 Å². The summed E-state index contributed by atoms with van der Waals surface area (Å²) < 4.78 is 46.7. The summed E-state index contributed by atoms with van der Waals surface area (Å²) in [4.78, 5) is 12.9. The Morgan fingerprint density at radius 2 is 2.00 bits per heavy atom. The third-order valence-corrected chi connectivity index (χ3v) is 5.03. The van der Waals surface area contributed by atoms with E-state index in [1.54, 1.807) is 6.20 Å². The standard InChI is InChI=1S/C20H26F3N7O2/c1-5-6-12(8-24-3)27-16-11-25-9-13(28-16)14-10-26-17-7-15(32-4)18(29-30(14)17)19(2,31)20(21,22)23/h7,9-12,24,31H,5-6,8H2,1-4H3,(H,27,28). The zero-order valence-corrected chi connectivity index (χ0v) is 18.2. The summed E-state index contributed by atoms with van der Waals surface area (Å²) in [6, 6.07) is 1.42. The van der Waals surface area contributed by atoms with Crippen LogP contribution in [0.15, 0.2) is 24.7 Å². The second-order valence-electron chi connectivity index (χ2n) is 7.52. The molecule has 2 atom stereocenters. The van der Waals surface area contributed by atoms with Gasteiger partial charge in [-0.3, -0.25) is 4.98 Å². The third-order valence-electron chi connectivity index (χ3n) is 5.03. The normalized spacial score (nSPS) is 14.9. The molecule has 0 bridgehead atoms. The summed E-state index contributed by atoms with van der Waals surface area (Å²) in [5, 5.41) is 20.7. The van der Waals surface area contributed by atoms with Crippen molar-refractivity contribution in [2.24, 2.45) is 0 Å². The number of likely N-dealkylation sites (N-methyl/N-ethyl adjacent to an activating group) is 1. The van der Waals surface area contributed by atoms with E-state index in [-0.39, 0.29) is 17.4 Å². The van der Waals surface area contributed by atoms with Gasteiger partial charge in [-0.2, -0.15) is 18.3 Å². The highest BCUT2D eigenvalue weighted by Crippen LogP contribution is 2.41. The highest BCUT2D eigenvalue weighted by Gasteiger charge is 2.54. The molecule has 3 aromatic rings. The number of fused-ring (bicyclic) bond motifs is 1. The first-order valence-electron chi connectivity index (χ1n) is 10.1. The molecule has 174 valence electrons. The molecule has 12 heteroatoms. The Hall–Kier alpha value is -2.99. The molecular weight excluding hydrogens is 427 g/mol. The molecule has 0 spiro atoms. The van der Waals surface area contributed by atoms with Crippen LogP contribution >= 0.6 is 0 Å². The van der Waals surface area contributed by atoms with Crippen LogP contribution in [0, 0.1) is 0 Å². The van der Waals surface area contributed by atoms with Crippen molar-refractivity contribution in [1.82, 2.24) is 29.9 Å². The number of aliphatic hydroxyl groups is 1. The molecule has 0 saturated heterocycles. The lowest BCUT2D eigenvalue weighted by Crippen LogP contribution is -2.40. The fourth-order valence-electron chi connectivity index (χ4n) is 3.29. The van der Waals surface area contributed by atoms with Crippen LogP contribution in [0.1, 0.15) is 32.4 Å². The maximum atomic E-state index is 13.5. The summed E-state index contributed by atoms with van der Waals surface area (Å²) in [5.74, 6) is 0.287. The number of imidazole rings is 1. The van der Waals surface area contributed by atoms with Gasteiger partial charge >= 0.3 is 6.18 Å². The van der Waals surface area contributed by atoms with Crippen LogP contribution in [0.2, 0.25) is 0 Å². The average molecular weight is 453 g/mol. The van der Waals surface area contributed by atoms with Gasteiger partial charge in [0.2, 0.25) is 5.60 Å². The van der Waals surface area contributed by atoms with Crippen LogP contribution in [0.3, 0.4) is 0 Å². The lowest BCUT2D eigenvalue weighted by atomic mass is 10.0. The number of halogens is 3. The maximum Gasteiger partial charge on any atom is 0.422 e. The number of hydrogen-bond donors (Lipinski definition) is 3. The Balaban J connectivity index is 2.06. The Kier molecular flexibility index (Phi) is 6.84. The number of aromatic nitrogens is 5. The van der Waals surface area contributed by atoms with Gasteiger partial charge in [0.15, 0.2) is 5.65 Å². The summed E-state index contributed by atoms with van der Waals surface area (Å²) in [7, 11) is 3.06. The largest absolute Gasteiger partial charge is 0.495 e. The van der Waals surface area contributed by atoms with Gasteiger partial charge in [-0.15, -0.1) is 0 Å². The molecule has 3 rings (SSSR count). The monoisotopic (exact) mass is 453 g/mol. The summed E-state index contributed by atoms with van der Waals surface area (Å²) in [6.07, 6.45) is 1.40. The van der Waals surface area contributed by atoms with E-state index in [1.807, 2.05) is 7.05 Å². The minimum Gasteiger partial charge on any atom is -0.495 e. The number of nitrogens with one attached hydrogen (secondary N) is 2. The first kappa shape index (κ1) is 23.7. The van der Waals surface area contributed by atoms with E-state index in [2.05, 4.69) is 37.6 Å². The number of nitrogens with zero attached hydrogens (tertiary/aromatic N) is 5. The van der Waals surface area contributed by atoms with E-state index in [1.165, 1.54) is 30.1 Å². The fourth-order valence-corrected chi connectivity index (χ4v) is 3.29. The van der Waals surface area contributed by atoms with Crippen molar-refractivity contribution >= 4 is 11.5 Å². The van der Waals surface area contributed by atoms with Crippen molar-refractivity contribution in [1.29, 1.82) is 0 Å². The molecule has 0 aliphatic carbocycles. The lowest BCUT2D eigenvalue weighted by molar-refractivity contribution is -0.261. The Morgan fingerprint density at radius 3 is 2.62 bits per heavy atom. The highest BCUT2D eigenvalue weighted by molar-refractivity contribution is 5.61. The van der Waals surface area contributed by atoms with E-state index in [9.17, 15) is 18.3 Å². The number of anilines is 1. The van der Waals surface area contributed by atoms with Crippen LogP contribution in [0.4, 0.5) is 19.0 Å². The second-order valence-corrected chi connectivity index (χ2v) is 7.52. The predicted octanol–water partition coefficient (Wildman–Crippen LogP) is 2.76. The van der Waals surface area contributed by atoms with Crippen molar-refractivity contribution in [3.8, 4) is 17.1 Å². The molecular formula is C20H26F3N7O2. The fraction of sp³-hybridized carbons (Fsp3) is 0.500.